The Hall–Kier alpha value is -1.25. The summed E-state index contributed by atoms with van der Waals surface area (Å²) in [5.74, 6) is -36.9. The highest BCUT2D eigenvalue weighted by molar-refractivity contribution is 5.81. The average molecular weight is 430 g/mol. The van der Waals surface area contributed by atoms with Gasteiger partial charge in [-0.25, -0.2) is 8.78 Å². The number of carbonyl (C=O) groups is 1. The summed E-state index contributed by atoms with van der Waals surface area (Å²) in [5.41, 5.74) is 0. The summed E-state index contributed by atoms with van der Waals surface area (Å²) in [6, 6.07) is 0. The third-order valence-corrected chi connectivity index (χ3v) is 3.75. The maximum atomic E-state index is 14.0. The summed E-state index contributed by atoms with van der Waals surface area (Å²) < 4.78 is 166. The van der Waals surface area contributed by atoms with Crippen molar-refractivity contribution in [3.63, 3.8) is 0 Å². The van der Waals surface area contributed by atoms with Crippen molar-refractivity contribution in [2.45, 2.75) is 54.7 Å². The summed E-state index contributed by atoms with van der Waals surface area (Å²) in [5, 5.41) is 0. The first-order valence-electron chi connectivity index (χ1n) is 6.72. The minimum atomic E-state index is -7.65. The number of ketones is 1. The van der Waals surface area contributed by atoms with E-state index in [9.17, 15) is 57.5 Å². The zero-order valence-corrected chi connectivity index (χ0v) is 12.9. The highest BCUT2D eigenvalue weighted by Gasteiger charge is 2.89. The number of hydrogen-bond acceptors (Lipinski definition) is 3. The molecule has 2 unspecified atom stereocenters. The number of carbonyl (C=O) groups excluding carboxylic acids is 1. The van der Waals surface area contributed by atoms with Gasteiger partial charge in [-0.3, -0.25) is 4.79 Å². The smallest absolute Gasteiger partial charge is 0.378 e. The predicted octanol–water partition coefficient (Wildman–Crippen LogP) is 3.80. The number of halogens is 12. The molecule has 2 atom stereocenters. The molecule has 160 valence electrons. The fourth-order valence-corrected chi connectivity index (χ4v) is 2.16. The quantitative estimate of drug-likeness (QED) is 0.577. The number of alkyl halides is 12. The highest BCUT2D eigenvalue weighted by atomic mass is 19.4. The third kappa shape index (κ3) is 3.36. The molecule has 15 heteroatoms. The van der Waals surface area contributed by atoms with Crippen molar-refractivity contribution in [1.29, 1.82) is 0 Å². The SMILES string of the molecule is COC1CC(=O)COC1C(F)(F)C(F)(F)C(F)(F)C(F)(F)C(F)(F)C(F)F. The minimum Gasteiger partial charge on any atom is -0.378 e. The van der Waals surface area contributed by atoms with E-state index in [4.69, 9.17) is 0 Å². The normalized spacial score (nSPS) is 23.9. The van der Waals surface area contributed by atoms with Gasteiger partial charge in [0, 0.05) is 13.5 Å². The van der Waals surface area contributed by atoms with Crippen LogP contribution in [0, 0.1) is 0 Å². The zero-order chi connectivity index (χ0) is 21.6. The van der Waals surface area contributed by atoms with Crippen molar-refractivity contribution >= 4 is 5.78 Å². The zero-order valence-electron chi connectivity index (χ0n) is 12.9. The molecule has 0 aromatic carbocycles. The van der Waals surface area contributed by atoms with Crippen molar-refractivity contribution in [3.05, 3.63) is 0 Å². The fourth-order valence-electron chi connectivity index (χ4n) is 2.16. The maximum absolute atomic E-state index is 14.0. The van der Waals surface area contributed by atoms with Gasteiger partial charge in [-0.1, -0.05) is 0 Å². The van der Waals surface area contributed by atoms with Crippen molar-refractivity contribution < 1.29 is 67.0 Å². The van der Waals surface area contributed by atoms with Crippen LogP contribution in [0.5, 0.6) is 0 Å². The van der Waals surface area contributed by atoms with Crippen LogP contribution in [0.25, 0.3) is 0 Å². The van der Waals surface area contributed by atoms with Crippen LogP contribution in [-0.4, -0.2) is 67.7 Å². The van der Waals surface area contributed by atoms with E-state index in [1.165, 1.54) is 0 Å². The largest absolute Gasteiger partial charge is 0.384 e. The van der Waals surface area contributed by atoms with Gasteiger partial charge in [0.25, 0.3) is 0 Å². The van der Waals surface area contributed by atoms with Crippen molar-refractivity contribution in [3.8, 4) is 0 Å². The van der Waals surface area contributed by atoms with Crippen LogP contribution in [0.1, 0.15) is 6.42 Å². The molecule has 0 aliphatic carbocycles. The number of rotatable bonds is 7. The van der Waals surface area contributed by atoms with Gasteiger partial charge < -0.3 is 9.47 Å². The van der Waals surface area contributed by atoms with Crippen molar-refractivity contribution in [1.82, 2.24) is 0 Å². The van der Waals surface area contributed by atoms with Crippen LogP contribution in [0.2, 0.25) is 0 Å². The van der Waals surface area contributed by atoms with Gasteiger partial charge in [0.15, 0.2) is 11.9 Å². The van der Waals surface area contributed by atoms with Crippen molar-refractivity contribution in [2.24, 2.45) is 0 Å². The predicted molar refractivity (Wildman–Crippen MR) is 60.9 cm³/mol. The van der Waals surface area contributed by atoms with Crippen LogP contribution in [0.15, 0.2) is 0 Å². The summed E-state index contributed by atoms with van der Waals surface area (Å²) >= 11 is 0. The minimum absolute atomic E-state index is 0.561. The number of ether oxygens (including phenoxy) is 2. The molecule has 1 aliphatic heterocycles. The first-order valence-corrected chi connectivity index (χ1v) is 6.72. The summed E-state index contributed by atoms with van der Waals surface area (Å²) in [6.45, 7) is -1.31. The number of hydrogen-bond donors (Lipinski definition) is 0. The molecule has 27 heavy (non-hydrogen) atoms. The Balaban J connectivity index is 3.42. The Labute approximate surface area is 142 Å². The maximum Gasteiger partial charge on any atom is 0.384 e. The molecule has 1 fully saturated rings. The molecule has 0 bridgehead atoms. The van der Waals surface area contributed by atoms with E-state index in [0.29, 0.717) is 7.11 Å². The molecule has 1 aliphatic rings. The van der Waals surface area contributed by atoms with E-state index in [2.05, 4.69) is 9.47 Å². The third-order valence-electron chi connectivity index (χ3n) is 3.75. The van der Waals surface area contributed by atoms with Crippen LogP contribution < -0.4 is 0 Å². The lowest BCUT2D eigenvalue weighted by Gasteiger charge is -2.43. The Bertz CT molecular complexity index is 562. The van der Waals surface area contributed by atoms with E-state index in [1.54, 1.807) is 0 Å². The second kappa shape index (κ2) is 6.97. The fraction of sp³-hybridized carbons (Fsp3) is 0.917. The van der Waals surface area contributed by atoms with Gasteiger partial charge in [0.05, 0.1) is 6.10 Å². The van der Waals surface area contributed by atoms with Crippen molar-refractivity contribution in [2.75, 3.05) is 13.7 Å². The van der Waals surface area contributed by atoms with Crippen LogP contribution in [0.3, 0.4) is 0 Å². The Morgan fingerprint density at radius 3 is 1.81 bits per heavy atom. The first kappa shape index (κ1) is 23.8. The molecule has 0 spiro atoms. The summed E-state index contributed by atoms with van der Waals surface area (Å²) in [4.78, 5) is 11.0. The molecule has 0 radical (unpaired) electrons. The molecule has 1 saturated heterocycles. The average Bonchev–Trinajstić information content (AvgIpc) is 2.53. The summed E-state index contributed by atoms with van der Waals surface area (Å²) in [7, 11) is 0.561. The van der Waals surface area contributed by atoms with Gasteiger partial charge >= 0.3 is 36.0 Å². The Kier molecular flexibility index (Phi) is 6.14. The van der Waals surface area contributed by atoms with Gasteiger partial charge in [-0.05, 0) is 0 Å². The monoisotopic (exact) mass is 430 g/mol. The number of methoxy groups -OCH3 is 1. The molecule has 0 amide bonds. The van der Waals surface area contributed by atoms with Crippen LogP contribution in [0.4, 0.5) is 52.7 Å². The topological polar surface area (TPSA) is 35.5 Å². The Morgan fingerprint density at radius 2 is 1.41 bits per heavy atom. The van der Waals surface area contributed by atoms with Gasteiger partial charge in [0.2, 0.25) is 0 Å². The van der Waals surface area contributed by atoms with E-state index in [1.807, 2.05) is 0 Å². The lowest BCUT2D eigenvalue weighted by atomic mass is 9.88. The van der Waals surface area contributed by atoms with E-state index >= 15 is 0 Å². The van der Waals surface area contributed by atoms with Gasteiger partial charge in [-0.15, -0.1) is 0 Å². The standard InChI is InChI=1S/C12H10F12O3/c1-26-5-2-4(25)3-27-6(5)8(15,16)10(19,20)12(23,24)11(21,22)9(17,18)7(13)14/h5-7H,2-3H2,1H3. The molecule has 0 aromatic rings. The lowest BCUT2D eigenvalue weighted by molar-refractivity contribution is -0.424. The van der Waals surface area contributed by atoms with Gasteiger partial charge in [-0.2, -0.15) is 43.9 Å². The molecule has 3 nitrogen and oxygen atoms in total. The number of Topliss-reactive ketones (excluding diaryl/α,β-unsaturated/α-hetero) is 1. The molecular formula is C12H10F12O3. The van der Waals surface area contributed by atoms with E-state index in [-0.39, 0.29) is 0 Å². The molecule has 0 N–H and O–H groups in total. The van der Waals surface area contributed by atoms with Crippen LogP contribution in [-0.2, 0) is 14.3 Å². The molecule has 1 rings (SSSR count). The van der Waals surface area contributed by atoms with E-state index in [0.717, 1.165) is 0 Å². The molecule has 0 aromatic heterocycles. The molecule has 1 heterocycles. The lowest BCUT2D eigenvalue weighted by Crippen LogP contribution is -2.72. The second-order valence-electron chi connectivity index (χ2n) is 5.52. The van der Waals surface area contributed by atoms with Gasteiger partial charge in [0.1, 0.15) is 6.61 Å². The first-order chi connectivity index (χ1) is 11.9. The second-order valence-corrected chi connectivity index (χ2v) is 5.52. The molecule has 0 saturated carbocycles. The molecular weight excluding hydrogens is 420 g/mol. The highest BCUT2D eigenvalue weighted by Crippen LogP contribution is 2.59. The van der Waals surface area contributed by atoms with Crippen LogP contribution >= 0.6 is 0 Å². The Morgan fingerprint density at radius 1 is 0.926 bits per heavy atom. The van der Waals surface area contributed by atoms with E-state index < -0.39 is 67.1 Å². The summed E-state index contributed by atoms with van der Waals surface area (Å²) in [6.07, 6.45) is -12.4.